The predicted molar refractivity (Wildman–Crippen MR) is 109 cm³/mol. The molecule has 1 N–H and O–H groups in total. The van der Waals surface area contributed by atoms with Gasteiger partial charge >= 0.3 is 11.9 Å². The van der Waals surface area contributed by atoms with Gasteiger partial charge in [-0.05, 0) is 26.3 Å². The van der Waals surface area contributed by atoms with E-state index in [1.165, 1.54) is 32.2 Å². The lowest BCUT2D eigenvalue weighted by Gasteiger charge is -2.31. The molecule has 174 valence electrons. The molecular formula is C21H24F2N2O7. The Morgan fingerprint density at radius 3 is 2.44 bits per heavy atom. The zero-order valence-electron chi connectivity index (χ0n) is 18.0. The molecule has 1 heterocycles. The molecule has 0 aromatic heterocycles. The molecule has 0 bridgehead atoms. The number of rotatable bonds is 9. The van der Waals surface area contributed by atoms with Gasteiger partial charge in [0.25, 0.3) is 12.1 Å². The number of ether oxygens (including phenoxy) is 3. The van der Waals surface area contributed by atoms with E-state index >= 15 is 0 Å². The van der Waals surface area contributed by atoms with Crippen molar-refractivity contribution in [2.24, 2.45) is 0 Å². The molecule has 0 fully saturated rings. The Labute approximate surface area is 183 Å². The molecule has 1 aliphatic heterocycles. The Bertz CT molecular complexity index is 957. The molecular weight excluding hydrogens is 430 g/mol. The first kappa shape index (κ1) is 24.9. The van der Waals surface area contributed by atoms with Crippen LogP contribution in [0.2, 0.25) is 0 Å². The zero-order valence-corrected chi connectivity index (χ0v) is 18.0. The first-order chi connectivity index (χ1) is 15.1. The third kappa shape index (κ3) is 5.67. The van der Waals surface area contributed by atoms with Crippen molar-refractivity contribution in [3.05, 3.63) is 62.5 Å². The summed E-state index contributed by atoms with van der Waals surface area (Å²) in [6.45, 7) is 4.40. The molecule has 0 aliphatic carbocycles. The van der Waals surface area contributed by atoms with Gasteiger partial charge in [0.2, 0.25) is 0 Å². The summed E-state index contributed by atoms with van der Waals surface area (Å²) in [7, 11) is 1.37. The van der Waals surface area contributed by atoms with E-state index in [4.69, 9.17) is 14.2 Å². The standard InChI is InChI=1S/C21H24F2N2O7/c1-11(2)32-21(27)15-12(3)24-18(19(22)23)17(20(26)31-9-8-30-4)16(15)13-6-5-7-14(10-13)25(28)29/h5-7,10-11,16,19,24H,8-9H2,1-4H3. The molecule has 0 amide bonds. The Hall–Kier alpha value is -3.34. The molecule has 0 saturated heterocycles. The van der Waals surface area contributed by atoms with Gasteiger partial charge in [0.15, 0.2) is 0 Å². The maximum absolute atomic E-state index is 13.9. The molecule has 2 rings (SSSR count). The first-order valence-electron chi connectivity index (χ1n) is 9.69. The summed E-state index contributed by atoms with van der Waals surface area (Å²) in [4.78, 5) is 36.4. The maximum atomic E-state index is 13.9. The van der Waals surface area contributed by atoms with Crippen molar-refractivity contribution in [1.29, 1.82) is 0 Å². The topological polar surface area (TPSA) is 117 Å². The molecule has 1 aromatic rings. The Morgan fingerprint density at radius 2 is 1.88 bits per heavy atom. The number of nitrogens with zero attached hydrogens (tertiary/aromatic N) is 1. The number of alkyl halides is 2. The first-order valence-corrected chi connectivity index (χ1v) is 9.69. The van der Waals surface area contributed by atoms with Crippen LogP contribution in [0, 0.1) is 10.1 Å². The number of non-ortho nitro benzene ring substituents is 1. The average molecular weight is 454 g/mol. The van der Waals surface area contributed by atoms with Gasteiger partial charge in [-0.3, -0.25) is 10.1 Å². The second kappa shape index (κ2) is 10.8. The summed E-state index contributed by atoms with van der Waals surface area (Å²) < 4.78 is 43.0. The molecule has 0 spiro atoms. The van der Waals surface area contributed by atoms with Gasteiger partial charge in [-0.2, -0.15) is 0 Å². The molecule has 1 unspecified atom stereocenters. The fraction of sp³-hybridized carbons (Fsp3) is 0.429. The van der Waals surface area contributed by atoms with Crippen molar-refractivity contribution < 1.29 is 37.5 Å². The second-order valence-corrected chi connectivity index (χ2v) is 7.16. The van der Waals surface area contributed by atoms with E-state index in [1.54, 1.807) is 13.8 Å². The summed E-state index contributed by atoms with van der Waals surface area (Å²) >= 11 is 0. The molecule has 9 nitrogen and oxygen atoms in total. The lowest BCUT2D eigenvalue weighted by Crippen LogP contribution is -2.36. The van der Waals surface area contributed by atoms with E-state index in [9.17, 15) is 28.5 Å². The van der Waals surface area contributed by atoms with Crippen LogP contribution in [0.25, 0.3) is 0 Å². The highest BCUT2D eigenvalue weighted by Gasteiger charge is 2.41. The number of hydrogen-bond acceptors (Lipinski definition) is 8. The van der Waals surface area contributed by atoms with Gasteiger partial charge in [0, 0.05) is 24.9 Å². The van der Waals surface area contributed by atoms with E-state index in [0.29, 0.717) is 0 Å². The number of methoxy groups -OCH3 is 1. The molecule has 0 radical (unpaired) electrons. The van der Waals surface area contributed by atoms with Gasteiger partial charge in [-0.15, -0.1) is 0 Å². The van der Waals surface area contributed by atoms with E-state index in [-0.39, 0.29) is 35.7 Å². The van der Waals surface area contributed by atoms with Crippen LogP contribution in [0.5, 0.6) is 0 Å². The average Bonchev–Trinajstić information content (AvgIpc) is 2.72. The van der Waals surface area contributed by atoms with Gasteiger partial charge in [-0.25, -0.2) is 18.4 Å². The predicted octanol–water partition coefficient (Wildman–Crippen LogP) is 3.22. The van der Waals surface area contributed by atoms with Crippen molar-refractivity contribution in [2.45, 2.75) is 39.2 Å². The molecule has 32 heavy (non-hydrogen) atoms. The van der Waals surface area contributed by atoms with E-state index in [2.05, 4.69) is 5.32 Å². The molecule has 11 heteroatoms. The lowest BCUT2D eigenvalue weighted by molar-refractivity contribution is -0.384. The summed E-state index contributed by atoms with van der Waals surface area (Å²) in [5.41, 5.74) is -1.60. The summed E-state index contributed by atoms with van der Waals surface area (Å²) in [5, 5.41) is 13.7. The second-order valence-electron chi connectivity index (χ2n) is 7.16. The minimum absolute atomic E-state index is 0.0229. The smallest absolute Gasteiger partial charge is 0.337 e. The fourth-order valence-electron chi connectivity index (χ4n) is 3.25. The number of halogens is 2. The summed E-state index contributed by atoms with van der Waals surface area (Å²) in [6.07, 6.45) is -3.65. The Kier molecular flexibility index (Phi) is 8.41. The number of allylic oxidation sites excluding steroid dienone is 2. The minimum atomic E-state index is -3.11. The van der Waals surface area contributed by atoms with Crippen LogP contribution >= 0.6 is 0 Å². The number of nitro groups is 1. The number of benzene rings is 1. The number of hydrogen-bond donors (Lipinski definition) is 1. The third-order valence-electron chi connectivity index (χ3n) is 4.53. The highest BCUT2D eigenvalue weighted by atomic mass is 19.3. The molecule has 1 atom stereocenters. The normalized spacial score (nSPS) is 16.3. The SMILES string of the molecule is COCCOC(=O)C1=C(C(F)F)NC(C)=C(C(=O)OC(C)C)C1c1cccc([N+](=O)[O-])c1. The molecule has 0 saturated carbocycles. The van der Waals surface area contributed by atoms with Crippen LogP contribution in [-0.2, 0) is 23.8 Å². The fourth-order valence-corrected chi connectivity index (χ4v) is 3.25. The van der Waals surface area contributed by atoms with Gasteiger partial charge < -0.3 is 19.5 Å². The Balaban J connectivity index is 2.72. The lowest BCUT2D eigenvalue weighted by atomic mass is 9.80. The van der Waals surface area contributed by atoms with Crippen LogP contribution in [0.3, 0.4) is 0 Å². The monoisotopic (exact) mass is 454 g/mol. The molecule has 1 aliphatic rings. The zero-order chi connectivity index (χ0) is 24.0. The van der Waals surface area contributed by atoms with Crippen LogP contribution in [0.15, 0.2) is 46.8 Å². The van der Waals surface area contributed by atoms with Crippen molar-refractivity contribution >= 4 is 17.6 Å². The van der Waals surface area contributed by atoms with Crippen molar-refractivity contribution in [2.75, 3.05) is 20.3 Å². The van der Waals surface area contributed by atoms with Crippen molar-refractivity contribution in [3.8, 4) is 0 Å². The summed E-state index contributed by atoms with van der Waals surface area (Å²) in [6, 6.07) is 5.08. The number of nitrogens with one attached hydrogen (secondary N) is 1. The highest BCUT2D eigenvalue weighted by Crippen LogP contribution is 2.41. The van der Waals surface area contributed by atoms with Gasteiger partial charge in [-0.1, -0.05) is 12.1 Å². The van der Waals surface area contributed by atoms with Gasteiger partial charge in [0.1, 0.15) is 6.61 Å². The maximum Gasteiger partial charge on any atom is 0.337 e. The number of nitro benzene ring substituents is 1. The van der Waals surface area contributed by atoms with Crippen LogP contribution in [-0.4, -0.2) is 49.7 Å². The van der Waals surface area contributed by atoms with Crippen LogP contribution in [0.4, 0.5) is 14.5 Å². The van der Waals surface area contributed by atoms with E-state index in [0.717, 1.165) is 6.07 Å². The quantitative estimate of drug-likeness (QED) is 0.262. The number of carbonyl (C=O) groups excluding carboxylic acids is 2. The van der Waals surface area contributed by atoms with Crippen molar-refractivity contribution in [1.82, 2.24) is 5.32 Å². The summed E-state index contributed by atoms with van der Waals surface area (Å²) in [5.74, 6) is -3.33. The molecule has 1 aromatic carbocycles. The van der Waals surface area contributed by atoms with Crippen molar-refractivity contribution in [3.63, 3.8) is 0 Å². The highest BCUT2D eigenvalue weighted by molar-refractivity contribution is 6.00. The van der Waals surface area contributed by atoms with E-state index < -0.39 is 46.6 Å². The van der Waals surface area contributed by atoms with Crippen LogP contribution in [0.1, 0.15) is 32.3 Å². The number of dihydropyridines is 1. The minimum Gasteiger partial charge on any atom is -0.460 e. The third-order valence-corrected chi connectivity index (χ3v) is 4.53. The largest absolute Gasteiger partial charge is 0.460 e. The number of esters is 2. The van der Waals surface area contributed by atoms with Gasteiger partial charge in [0.05, 0.1) is 40.4 Å². The Morgan fingerprint density at radius 1 is 1.19 bits per heavy atom. The van der Waals surface area contributed by atoms with E-state index in [1.807, 2.05) is 0 Å². The van der Waals surface area contributed by atoms with Crippen LogP contribution < -0.4 is 5.32 Å². The number of carbonyl (C=O) groups is 2.